The molecule has 0 radical (unpaired) electrons. The Labute approximate surface area is 130 Å². The standard InChI is InChI=1S/C16H21N3OS/c1-10(2)12-5-7-13(8-6-12)21-16-14(17)15(18-9-19-16)20-11(3)4/h5-11H,17H2,1-4H3. The van der Waals surface area contributed by atoms with Crippen molar-refractivity contribution in [1.82, 2.24) is 9.97 Å². The average molecular weight is 303 g/mol. The number of anilines is 1. The van der Waals surface area contributed by atoms with E-state index in [0.29, 0.717) is 17.5 Å². The maximum Gasteiger partial charge on any atom is 0.241 e. The normalized spacial score (nSPS) is 11.1. The minimum atomic E-state index is 0.0328. The maximum atomic E-state index is 6.09. The van der Waals surface area contributed by atoms with Crippen LogP contribution < -0.4 is 10.5 Å². The first-order chi connectivity index (χ1) is 9.97. The Hall–Kier alpha value is -1.75. The van der Waals surface area contributed by atoms with E-state index in [9.17, 15) is 0 Å². The summed E-state index contributed by atoms with van der Waals surface area (Å²) in [6, 6.07) is 8.45. The average Bonchev–Trinajstić information content (AvgIpc) is 2.43. The van der Waals surface area contributed by atoms with Crippen LogP contribution in [0.25, 0.3) is 0 Å². The minimum absolute atomic E-state index is 0.0328. The zero-order valence-corrected chi connectivity index (χ0v) is 13.6. The second kappa shape index (κ2) is 6.80. The van der Waals surface area contributed by atoms with Gasteiger partial charge in [-0.15, -0.1) is 0 Å². The number of ether oxygens (including phenoxy) is 1. The zero-order valence-electron chi connectivity index (χ0n) is 12.8. The molecule has 112 valence electrons. The van der Waals surface area contributed by atoms with Crippen molar-refractivity contribution in [3.63, 3.8) is 0 Å². The summed E-state index contributed by atoms with van der Waals surface area (Å²) >= 11 is 1.52. The minimum Gasteiger partial charge on any atom is -0.473 e. The zero-order chi connectivity index (χ0) is 15.4. The van der Waals surface area contributed by atoms with Gasteiger partial charge in [0.1, 0.15) is 17.0 Å². The van der Waals surface area contributed by atoms with Gasteiger partial charge in [0.2, 0.25) is 5.88 Å². The summed E-state index contributed by atoms with van der Waals surface area (Å²) in [4.78, 5) is 9.43. The molecule has 0 fully saturated rings. The van der Waals surface area contributed by atoms with Crippen LogP contribution in [0.15, 0.2) is 40.5 Å². The topological polar surface area (TPSA) is 61.0 Å². The molecule has 0 amide bonds. The number of aromatic nitrogens is 2. The van der Waals surface area contributed by atoms with E-state index in [1.165, 1.54) is 23.7 Å². The van der Waals surface area contributed by atoms with Gasteiger partial charge >= 0.3 is 0 Å². The molecule has 0 aliphatic carbocycles. The SMILES string of the molecule is CC(C)Oc1ncnc(Sc2ccc(C(C)C)cc2)c1N. The van der Waals surface area contributed by atoms with E-state index in [0.717, 1.165) is 9.92 Å². The molecule has 2 aromatic rings. The van der Waals surface area contributed by atoms with Crippen molar-refractivity contribution in [1.29, 1.82) is 0 Å². The molecule has 1 aromatic heterocycles. The summed E-state index contributed by atoms with van der Waals surface area (Å²) in [7, 11) is 0. The second-order valence-electron chi connectivity index (χ2n) is 5.39. The Morgan fingerprint density at radius 1 is 1.05 bits per heavy atom. The molecule has 0 aliphatic rings. The van der Waals surface area contributed by atoms with E-state index >= 15 is 0 Å². The number of nitrogens with zero attached hydrogens (tertiary/aromatic N) is 2. The van der Waals surface area contributed by atoms with Gasteiger partial charge in [-0.3, -0.25) is 0 Å². The highest BCUT2D eigenvalue weighted by Gasteiger charge is 2.12. The van der Waals surface area contributed by atoms with Crippen molar-refractivity contribution in [2.45, 2.75) is 49.6 Å². The number of benzene rings is 1. The van der Waals surface area contributed by atoms with Crippen LogP contribution in [-0.2, 0) is 0 Å². The van der Waals surface area contributed by atoms with E-state index in [-0.39, 0.29) is 6.10 Å². The number of rotatable bonds is 5. The molecule has 0 bridgehead atoms. The monoisotopic (exact) mass is 303 g/mol. The molecule has 0 unspecified atom stereocenters. The van der Waals surface area contributed by atoms with Crippen LogP contribution in [0, 0.1) is 0 Å². The summed E-state index contributed by atoms with van der Waals surface area (Å²) in [5.74, 6) is 0.973. The van der Waals surface area contributed by atoms with Crippen LogP contribution in [0.2, 0.25) is 0 Å². The molecule has 2 N–H and O–H groups in total. The summed E-state index contributed by atoms with van der Waals surface area (Å²) in [5, 5.41) is 0.720. The Kier molecular flexibility index (Phi) is 5.07. The molecule has 5 heteroatoms. The lowest BCUT2D eigenvalue weighted by Gasteiger charge is -2.12. The Bertz CT molecular complexity index is 597. The molecule has 4 nitrogen and oxygen atoms in total. The van der Waals surface area contributed by atoms with E-state index in [1.807, 2.05) is 13.8 Å². The number of hydrogen-bond donors (Lipinski definition) is 1. The van der Waals surface area contributed by atoms with Crippen molar-refractivity contribution in [2.24, 2.45) is 0 Å². The van der Waals surface area contributed by atoms with Crippen LogP contribution >= 0.6 is 11.8 Å². The van der Waals surface area contributed by atoms with Crippen molar-refractivity contribution >= 4 is 17.4 Å². The molecular weight excluding hydrogens is 282 g/mol. The molecule has 0 saturated carbocycles. The smallest absolute Gasteiger partial charge is 0.241 e. The molecule has 2 rings (SSSR count). The van der Waals surface area contributed by atoms with Gasteiger partial charge in [0.25, 0.3) is 0 Å². The van der Waals surface area contributed by atoms with Gasteiger partial charge in [0.05, 0.1) is 6.10 Å². The van der Waals surface area contributed by atoms with E-state index in [2.05, 4.69) is 48.1 Å². The molecule has 1 aromatic carbocycles. The Morgan fingerprint density at radius 2 is 1.71 bits per heavy atom. The van der Waals surface area contributed by atoms with Gasteiger partial charge in [0.15, 0.2) is 0 Å². The summed E-state index contributed by atoms with van der Waals surface area (Å²) in [6.07, 6.45) is 1.52. The van der Waals surface area contributed by atoms with Crippen LogP contribution in [-0.4, -0.2) is 16.1 Å². The van der Waals surface area contributed by atoms with E-state index in [4.69, 9.17) is 10.5 Å². The quantitative estimate of drug-likeness (QED) is 0.842. The fourth-order valence-corrected chi connectivity index (χ4v) is 2.59. The summed E-state index contributed by atoms with van der Waals surface area (Å²) < 4.78 is 5.58. The van der Waals surface area contributed by atoms with Crippen molar-refractivity contribution in [2.75, 3.05) is 5.73 Å². The Morgan fingerprint density at radius 3 is 2.29 bits per heavy atom. The summed E-state index contributed by atoms with van der Waals surface area (Å²) in [6.45, 7) is 8.25. The van der Waals surface area contributed by atoms with Gasteiger partial charge in [0, 0.05) is 4.90 Å². The van der Waals surface area contributed by atoms with Crippen LogP contribution in [0.3, 0.4) is 0 Å². The molecule has 0 saturated heterocycles. The van der Waals surface area contributed by atoms with E-state index in [1.54, 1.807) is 0 Å². The lowest BCUT2D eigenvalue weighted by molar-refractivity contribution is 0.233. The molecule has 0 atom stereocenters. The number of hydrogen-bond acceptors (Lipinski definition) is 5. The highest BCUT2D eigenvalue weighted by Crippen LogP contribution is 2.34. The number of nitrogen functional groups attached to an aromatic ring is 1. The predicted octanol–water partition coefficient (Wildman–Crippen LogP) is 4.12. The highest BCUT2D eigenvalue weighted by molar-refractivity contribution is 7.99. The van der Waals surface area contributed by atoms with Gasteiger partial charge in [-0.25, -0.2) is 4.98 Å². The number of nitrogens with two attached hydrogens (primary N) is 1. The predicted molar refractivity (Wildman–Crippen MR) is 86.9 cm³/mol. The van der Waals surface area contributed by atoms with Crippen LogP contribution in [0.1, 0.15) is 39.2 Å². The Balaban J connectivity index is 2.19. The van der Waals surface area contributed by atoms with Gasteiger partial charge in [-0.2, -0.15) is 4.98 Å². The molecule has 21 heavy (non-hydrogen) atoms. The largest absolute Gasteiger partial charge is 0.473 e. The highest BCUT2D eigenvalue weighted by atomic mass is 32.2. The first-order valence-electron chi connectivity index (χ1n) is 7.02. The third-order valence-corrected chi connectivity index (χ3v) is 3.95. The third-order valence-electron chi connectivity index (χ3n) is 2.92. The third kappa shape index (κ3) is 4.11. The van der Waals surface area contributed by atoms with Gasteiger partial charge in [-0.1, -0.05) is 37.7 Å². The first-order valence-corrected chi connectivity index (χ1v) is 7.84. The molecule has 0 aliphatic heterocycles. The van der Waals surface area contributed by atoms with Crippen LogP contribution in [0.5, 0.6) is 5.88 Å². The van der Waals surface area contributed by atoms with E-state index < -0.39 is 0 Å². The van der Waals surface area contributed by atoms with Crippen molar-refractivity contribution in [3.8, 4) is 5.88 Å². The van der Waals surface area contributed by atoms with Crippen molar-refractivity contribution < 1.29 is 4.74 Å². The fraction of sp³-hybridized carbons (Fsp3) is 0.375. The lowest BCUT2D eigenvalue weighted by Crippen LogP contribution is -2.09. The van der Waals surface area contributed by atoms with Gasteiger partial charge in [-0.05, 0) is 37.5 Å². The maximum absolute atomic E-state index is 6.09. The fourth-order valence-electron chi connectivity index (χ4n) is 1.80. The second-order valence-corrected chi connectivity index (χ2v) is 6.45. The van der Waals surface area contributed by atoms with Crippen LogP contribution in [0.4, 0.5) is 5.69 Å². The molecule has 1 heterocycles. The first kappa shape index (κ1) is 15.6. The molecular formula is C16H21N3OS. The van der Waals surface area contributed by atoms with Crippen molar-refractivity contribution in [3.05, 3.63) is 36.2 Å². The lowest BCUT2D eigenvalue weighted by atomic mass is 10.0. The van der Waals surface area contributed by atoms with Gasteiger partial charge < -0.3 is 10.5 Å². The summed E-state index contributed by atoms with van der Waals surface area (Å²) in [5.41, 5.74) is 7.90. The molecule has 0 spiro atoms.